The number of aromatic nitrogens is 2. The van der Waals surface area contributed by atoms with Crippen LogP contribution in [0.4, 0.5) is 0 Å². The van der Waals surface area contributed by atoms with Crippen molar-refractivity contribution in [2.75, 3.05) is 0 Å². The van der Waals surface area contributed by atoms with Crippen LogP contribution in [-0.4, -0.2) is 15.5 Å². The maximum Gasteiger partial charge on any atom is 0.265 e. The first-order valence-electron chi connectivity index (χ1n) is 8.72. The molecule has 3 rings (SSSR count). The van der Waals surface area contributed by atoms with Crippen LogP contribution < -0.4 is 10.9 Å². The van der Waals surface area contributed by atoms with Gasteiger partial charge in [0, 0.05) is 6.54 Å². The Bertz CT molecular complexity index is 987. The third-order valence-corrected chi connectivity index (χ3v) is 4.29. The summed E-state index contributed by atoms with van der Waals surface area (Å²) < 4.78 is 7.09. The molecule has 6 heteroatoms. The Balaban J connectivity index is 1.99. The van der Waals surface area contributed by atoms with Crippen LogP contribution in [0.3, 0.4) is 0 Å². The van der Waals surface area contributed by atoms with E-state index in [-0.39, 0.29) is 40.1 Å². The second-order valence-corrected chi connectivity index (χ2v) is 6.92. The molecule has 0 bridgehead atoms. The van der Waals surface area contributed by atoms with E-state index < -0.39 is 0 Å². The van der Waals surface area contributed by atoms with E-state index in [1.165, 1.54) is 10.9 Å². The minimum Gasteiger partial charge on any atom is -0.442 e. The molecule has 0 radical (unpaired) electrons. The Kier molecular flexibility index (Phi) is 4.93. The SMILES string of the molecule is Cc1oc2ncn(CC(C)C)c(=O)c2c1C(=O)N[C@@H](C)c1ccccc1. The van der Waals surface area contributed by atoms with Crippen molar-refractivity contribution in [3.8, 4) is 0 Å². The number of nitrogens with zero attached hydrogens (tertiary/aromatic N) is 2. The second-order valence-electron chi connectivity index (χ2n) is 6.92. The highest BCUT2D eigenvalue weighted by Crippen LogP contribution is 2.22. The second kappa shape index (κ2) is 7.15. The van der Waals surface area contributed by atoms with Crippen molar-refractivity contribution >= 4 is 17.0 Å². The molecule has 26 heavy (non-hydrogen) atoms. The van der Waals surface area contributed by atoms with Crippen molar-refractivity contribution in [1.82, 2.24) is 14.9 Å². The summed E-state index contributed by atoms with van der Waals surface area (Å²) in [6.07, 6.45) is 1.47. The van der Waals surface area contributed by atoms with Crippen molar-refractivity contribution in [3.63, 3.8) is 0 Å². The molecule has 1 N–H and O–H groups in total. The van der Waals surface area contributed by atoms with Gasteiger partial charge in [-0.15, -0.1) is 0 Å². The highest BCUT2D eigenvalue weighted by atomic mass is 16.3. The number of aryl methyl sites for hydroxylation is 1. The van der Waals surface area contributed by atoms with Crippen molar-refractivity contribution in [2.45, 2.75) is 40.3 Å². The predicted octanol–water partition coefficient (Wildman–Crippen LogP) is 3.44. The lowest BCUT2D eigenvalue weighted by Gasteiger charge is -2.14. The van der Waals surface area contributed by atoms with Crippen LogP contribution in [0.2, 0.25) is 0 Å². The number of fused-ring (bicyclic) bond motifs is 1. The zero-order valence-electron chi connectivity index (χ0n) is 15.4. The number of furan rings is 1. The van der Waals surface area contributed by atoms with Crippen LogP contribution in [-0.2, 0) is 6.54 Å². The molecule has 136 valence electrons. The molecule has 2 aromatic heterocycles. The smallest absolute Gasteiger partial charge is 0.265 e. The fraction of sp³-hybridized carbons (Fsp3) is 0.350. The van der Waals surface area contributed by atoms with E-state index in [0.29, 0.717) is 12.3 Å². The molecule has 0 aliphatic carbocycles. The Hall–Kier alpha value is -2.89. The summed E-state index contributed by atoms with van der Waals surface area (Å²) in [4.78, 5) is 29.9. The highest BCUT2D eigenvalue weighted by molar-refractivity contribution is 6.06. The molecule has 1 atom stereocenters. The van der Waals surface area contributed by atoms with Gasteiger partial charge in [0.15, 0.2) is 0 Å². The highest BCUT2D eigenvalue weighted by Gasteiger charge is 2.24. The van der Waals surface area contributed by atoms with Crippen molar-refractivity contribution in [2.24, 2.45) is 5.92 Å². The van der Waals surface area contributed by atoms with Crippen LogP contribution in [0.15, 0.2) is 45.9 Å². The molecule has 0 spiro atoms. The zero-order chi connectivity index (χ0) is 18.8. The van der Waals surface area contributed by atoms with Crippen LogP contribution in [0, 0.1) is 12.8 Å². The van der Waals surface area contributed by atoms with Gasteiger partial charge in [0.1, 0.15) is 17.5 Å². The standard InChI is InChI=1S/C20H23N3O3/c1-12(2)10-23-11-21-19-17(20(23)25)16(14(4)26-19)18(24)22-13(3)15-8-6-5-7-9-15/h5-9,11-13H,10H2,1-4H3,(H,22,24)/t13-/m0/s1. The van der Waals surface area contributed by atoms with Gasteiger partial charge in [-0.3, -0.25) is 14.2 Å². The van der Waals surface area contributed by atoms with Crippen LogP contribution in [0.25, 0.3) is 11.1 Å². The van der Waals surface area contributed by atoms with Gasteiger partial charge in [-0.25, -0.2) is 4.98 Å². The molecular formula is C20H23N3O3. The van der Waals surface area contributed by atoms with Crippen LogP contribution >= 0.6 is 0 Å². The van der Waals surface area contributed by atoms with Crippen molar-refractivity contribution in [1.29, 1.82) is 0 Å². The molecule has 3 aromatic rings. The summed E-state index contributed by atoms with van der Waals surface area (Å²) in [6.45, 7) is 8.16. The van der Waals surface area contributed by atoms with Gasteiger partial charge >= 0.3 is 0 Å². The van der Waals surface area contributed by atoms with E-state index in [4.69, 9.17) is 4.42 Å². The number of carbonyl (C=O) groups is 1. The molecule has 0 unspecified atom stereocenters. The Morgan fingerprint density at radius 3 is 2.58 bits per heavy atom. The molecular weight excluding hydrogens is 330 g/mol. The minimum absolute atomic E-state index is 0.192. The van der Waals surface area contributed by atoms with Gasteiger partial charge < -0.3 is 9.73 Å². The molecule has 6 nitrogen and oxygen atoms in total. The minimum atomic E-state index is -0.334. The zero-order valence-corrected chi connectivity index (χ0v) is 15.4. The number of hydrogen-bond donors (Lipinski definition) is 1. The summed E-state index contributed by atoms with van der Waals surface area (Å²) >= 11 is 0. The first kappa shape index (κ1) is 17.9. The lowest BCUT2D eigenvalue weighted by molar-refractivity contribution is 0.0939. The number of benzene rings is 1. The first-order valence-corrected chi connectivity index (χ1v) is 8.72. The van der Waals surface area contributed by atoms with Gasteiger partial charge in [0.25, 0.3) is 11.5 Å². The van der Waals surface area contributed by atoms with E-state index in [9.17, 15) is 9.59 Å². The number of amides is 1. The summed E-state index contributed by atoms with van der Waals surface area (Å²) in [7, 11) is 0. The molecule has 0 fully saturated rings. The number of nitrogens with one attached hydrogen (secondary N) is 1. The van der Waals surface area contributed by atoms with E-state index >= 15 is 0 Å². The van der Waals surface area contributed by atoms with Crippen LogP contribution in [0.1, 0.15) is 48.5 Å². The van der Waals surface area contributed by atoms with Crippen LogP contribution in [0.5, 0.6) is 0 Å². The molecule has 1 aromatic carbocycles. The molecule has 1 amide bonds. The lowest BCUT2D eigenvalue weighted by atomic mass is 10.1. The van der Waals surface area contributed by atoms with E-state index in [1.807, 2.05) is 51.1 Å². The number of carbonyl (C=O) groups excluding carboxylic acids is 1. The Morgan fingerprint density at radius 2 is 1.92 bits per heavy atom. The largest absolute Gasteiger partial charge is 0.442 e. The maximum atomic E-state index is 12.9. The van der Waals surface area contributed by atoms with E-state index in [0.717, 1.165) is 5.56 Å². The third-order valence-electron chi connectivity index (χ3n) is 4.29. The lowest BCUT2D eigenvalue weighted by Crippen LogP contribution is -2.29. The quantitative estimate of drug-likeness (QED) is 0.762. The Morgan fingerprint density at radius 1 is 1.23 bits per heavy atom. The van der Waals surface area contributed by atoms with Crippen molar-refractivity contribution < 1.29 is 9.21 Å². The van der Waals surface area contributed by atoms with E-state index in [1.54, 1.807) is 6.92 Å². The summed E-state index contributed by atoms with van der Waals surface area (Å²) in [5, 5.41) is 3.18. The third kappa shape index (κ3) is 3.40. The van der Waals surface area contributed by atoms with Gasteiger partial charge in [0.05, 0.1) is 11.6 Å². The average Bonchev–Trinajstić information content (AvgIpc) is 2.94. The van der Waals surface area contributed by atoms with Crippen molar-refractivity contribution in [3.05, 3.63) is 63.9 Å². The van der Waals surface area contributed by atoms with Gasteiger partial charge in [0.2, 0.25) is 5.71 Å². The first-order chi connectivity index (χ1) is 12.4. The average molecular weight is 353 g/mol. The molecule has 0 aliphatic rings. The molecule has 2 heterocycles. The molecule has 0 aliphatic heterocycles. The van der Waals surface area contributed by atoms with E-state index in [2.05, 4.69) is 10.3 Å². The summed E-state index contributed by atoms with van der Waals surface area (Å²) in [5.41, 5.74) is 1.20. The molecule has 0 saturated heterocycles. The van der Waals surface area contributed by atoms with Gasteiger partial charge in [-0.2, -0.15) is 0 Å². The fourth-order valence-corrected chi connectivity index (χ4v) is 3.03. The normalized spacial score (nSPS) is 12.5. The predicted molar refractivity (Wildman–Crippen MR) is 100 cm³/mol. The number of hydrogen-bond acceptors (Lipinski definition) is 4. The molecule has 0 saturated carbocycles. The fourth-order valence-electron chi connectivity index (χ4n) is 3.03. The number of rotatable bonds is 5. The van der Waals surface area contributed by atoms with Gasteiger partial charge in [-0.05, 0) is 25.3 Å². The topological polar surface area (TPSA) is 77.1 Å². The monoisotopic (exact) mass is 353 g/mol. The maximum absolute atomic E-state index is 12.9. The Labute approximate surface area is 151 Å². The van der Waals surface area contributed by atoms with Gasteiger partial charge in [-0.1, -0.05) is 44.2 Å². The summed E-state index contributed by atoms with van der Waals surface area (Å²) in [5.74, 6) is 0.346. The summed E-state index contributed by atoms with van der Waals surface area (Å²) in [6, 6.07) is 9.47.